The minimum absolute atomic E-state index is 0.134. The topological polar surface area (TPSA) is 72.4 Å². The molecule has 2 fully saturated rings. The van der Waals surface area contributed by atoms with Crippen LogP contribution in [-0.2, 0) is 20.5 Å². The number of pyridine rings is 2. The van der Waals surface area contributed by atoms with E-state index in [1.165, 1.54) is 0 Å². The van der Waals surface area contributed by atoms with Crippen molar-refractivity contribution < 1.29 is 14.3 Å². The van der Waals surface area contributed by atoms with Crippen LogP contribution >= 0.6 is 0 Å². The molecule has 6 rings (SSSR count). The molecule has 2 aliphatic heterocycles. The van der Waals surface area contributed by atoms with Gasteiger partial charge in [0.05, 0.1) is 23.2 Å². The van der Waals surface area contributed by atoms with Crippen LogP contribution in [0.4, 0.5) is 0 Å². The molecule has 1 spiro atoms. The summed E-state index contributed by atoms with van der Waals surface area (Å²) >= 11 is 0. The van der Waals surface area contributed by atoms with Crippen LogP contribution in [0.2, 0.25) is 0 Å². The number of nitrogens with zero attached hydrogens (tertiary/aromatic N) is 3. The van der Waals surface area contributed by atoms with Gasteiger partial charge in [-0.1, -0.05) is 36.4 Å². The third kappa shape index (κ3) is 3.25. The van der Waals surface area contributed by atoms with Crippen molar-refractivity contribution in [2.45, 2.75) is 30.3 Å². The van der Waals surface area contributed by atoms with Crippen LogP contribution in [0.3, 0.4) is 0 Å². The lowest BCUT2D eigenvalue weighted by Crippen LogP contribution is -2.40. The number of fused-ring (bicyclic) bond motifs is 2. The third-order valence-electron chi connectivity index (χ3n) is 7.10. The highest BCUT2D eigenvalue weighted by molar-refractivity contribution is 5.95. The predicted octanol–water partition coefficient (Wildman–Crippen LogP) is 3.98. The van der Waals surface area contributed by atoms with E-state index in [1.807, 2.05) is 41.3 Å². The highest BCUT2D eigenvalue weighted by Crippen LogP contribution is 2.52. The molecule has 1 saturated heterocycles. The number of hydrogen-bond acceptors (Lipinski definition) is 5. The number of benzene rings is 1. The van der Waals surface area contributed by atoms with Crippen LogP contribution < -0.4 is 0 Å². The maximum Gasteiger partial charge on any atom is 0.341 e. The summed E-state index contributed by atoms with van der Waals surface area (Å²) < 4.78 is 5.79. The Morgan fingerprint density at radius 3 is 2.61 bits per heavy atom. The molecular weight excluding hydrogens is 414 g/mol. The lowest BCUT2D eigenvalue weighted by molar-refractivity contribution is -0.134. The number of amides is 1. The molecule has 0 N–H and O–H groups in total. The number of hydrogen-bond donors (Lipinski definition) is 0. The van der Waals surface area contributed by atoms with E-state index in [1.54, 1.807) is 18.6 Å². The molecule has 3 aromatic rings. The van der Waals surface area contributed by atoms with Gasteiger partial charge in [0.1, 0.15) is 0 Å². The summed E-state index contributed by atoms with van der Waals surface area (Å²) in [6, 6.07) is 15.9. The Morgan fingerprint density at radius 2 is 1.85 bits per heavy atom. The van der Waals surface area contributed by atoms with E-state index in [0.717, 1.165) is 35.2 Å². The van der Waals surface area contributed by atoms with E-state index in [0.29, 0.717) is 25.1 Å². The molecule has 2 aromatic heterocycles. The van der Waals surface area contributed by atoms with Gasteiger partial charge in [-0.2, -0.15) is 0 Å². The van der Waals surface area contributed by atoms with E-state index < -0.39 is 11.0 Å². The average molecular weight is 437 g/mol. The number of likely N-dealkylation sites (tertiary alicyclic amines) is 1. The van der Waals surface area contributed by atoms with Gasteiger partial charge in [0.2, 0.25) is 5.91 Å². The van der Waals surface area contributed by atoms with Gasteiger partial charge in [0.25, 0.3) is 0 Å². The van der Waals surface area contributed by atoms with Crippen LogP contribution in [0.1, 0.15) is 52.0 Å². The van der Waals surface area contributed by atoms with E-state index >= 15 is 0 Å². The first-order chi connectivity index (χ1) is 16.1. The van der Waals surface area contributed by atoms with E-state index in [2.05, 4.69) is 34.2 Å². The van der Waals surface area contributed by atoms with Crippen molar-refractivity contribution in [1.82, 2.24) is 14.9 Å². The molecule has 1 amide bonds. The van der Waals surface area contributed by atoms with Crippen LogP contribution in [-0.4, -0.2) is 39.8 Å². The van der Waals surface area contributed by atoms with Gasteiger partial charge in [-0.15, -0.1) is 0 Å². The largest absolute Gasteiger partial charge is 0.449 e. The lowest BCUT2D eigenvalue weighted by Gasteiger charge is -2.27. The SMILES string of the molecule is O=C1O[C@]2(CCN(C(=O)C3(c4ccc(C=Cc5ccccn5)cc4)CC3)C2)c2ccncc21. The van der Waals surface area contributed by atoms with Gasteiger partial charge in [-0.05, 0) is 48.2 Å². The molecule has 0 bridgehead atoms. The highest BCUT2D eigenvalue weighted by Gasteiger charge is 2.57. The molecule has 6 heteroatoms. The molecule has 0 unspecified atom stereocenters. The second kappa shape index (κ2) is 7.37. The van der Waals surface area contributed by atoms with Crippen molar-refractivity contribution >= 4 is 24.0 Å². The zero-order valence-electron chi connectivity index (χ0n) is 18.1. The number of ether oxygens (including phenoxy) is 1. The van der Waals surface area contributed by atoms with E-state index in [9.17, 15) is 9.59 Å². The quantitative estimate of drug-likeness (QED) is 0.578. The summed E-state index contributed by atoms with van der Waals surface area (Å²) in [4.78, 5) is 36.2. The Bertz CT molecular complexity index is 1270. The van der Waals surface area contributed by atoms with E-state index in [-0.39, 0.29) is 11.9 Å². The predicted molar refractivity (Wildman–Crippen MR) is 123 cm³/mol. The molecule has 1 saturated carbocycles. The van der Waals surface area contributed by atoms with Gasteiger partial charge in [0.15, 0.2) is 5.60 Å². The standard InChI is InChI=1S/C27H23N3O3/c31-24-22-17-28-15-10-23(22)27(33-24)13-16-30(18-27)25(32)26(11-12-26)20-7-4-19(5-8-20)6-9-21-3-1-2-14-29-21/h1-10,14-15,17H,11-13,16,18H2/t27-/m0/s1. The zero-order valence-corrected chi connectivity index (χ0v) is 18.1. The minimum atomic E-state index is -0.735. The van der Waals surface area contributed by atoms with Gasteiger partial charge < -0.3 is 9.64 Å². The summed E-state index contributed by atoms with van der Waals surface area (Å²) in [5.74, 6) is -0.211. The van der Waals surface area contributed by atoms with Crippen molar-refractivity contribution in [3.8, 4) is 0 Å². The summed E-state index contributed by atoms with van der Waals surface area (Å²) in [5.41, 5.74) is 3.20. The van der Waals surface area contributed by atoms with Crippen LogP contribution in [0.15, 0.2) is 67.1 Å². The molecule has 4 heterocycles. The first-order valence-corrected chi connectivity index (χ1v) is 11.3. The molecule has 33 heavy (non-hydrogen) atoms. The van der Waals surface area contributed by atoms with Crippen LogP contribution in [0, 0.1) is 0 Å². The lowest BCUT2D eigenvalue weighted by atomic mass is 9.92. The Morgan fingerprint density at radius 1 is 1.00 bits per heavy atom. The van der Waals surface area contributed by atoms with E-state index in [4.69, 9.17) is 4.74 Å². The van der Waals surface area contributed by atoms with Crippen molar-refractivity contribution in [2.24, 2.45) is 0 Å². The van der Waals surface area contributed by atoms with Crippen molar-refractivity contribution in [3.63, 3.8) is 0 Å². The smallest absolute Gasteiger partial charge is 0.341 e. The Hall–Kier alpha value is -3.80. The van der Waals surface area contributed by atoms with Crippen molar-refractivity contribution in [2.75, 3.05) is 13.1 Å². The van der Waals surface area contributed by atoms with Gasteiger partial charge in [-0.3, -0.25) is 14.8 Å². The fourth-order valence-corrected chi connectivity index (χ4v) is 5.12. The molecule has 1 aliphatic carbocycles. The Labute approximate surface area is 191 Å². The fourth-order valence-electron chi connectivity index (χ4n) is 5.12. The Balaban J connectivity index is 1.19. The summed E-state index contributed by atoms with van der Waals surface area (Å²) in [6.07, 6.45) is 11.3. The molecule has 164 valence electrons. The average Bonchev–Trinajstić information content (AvgIpc) is 3.49. The highest BCUT2D eigenvalue weighted by atomic mass is 16.6. The first kappa shape index (κ1) is 19.9. The first-order valence-electron chi connectivity index (χ1n) is 11.3. The van der Waals surface area contributed by atoms with Crippen LogP contribution in [0.25, 0.3) is 12.2 Å². The van der Waals surface area contributed by atoms with Gasteiger partial charge in [-0.25, -0.2) is 4.79 Å². The molecule has 3 aliphatic rings. The zero-order chi connectivity index (χ0) is 22.5. The monoisotopic (exact) mass is 437 g/mol. The summed E-state index contributed by atoms with van der Waals surface area (Å²) in [7, 11) is 0. The molecule has 6 nitrogen and oxygen atoms in total. The number of carbonyl (C=O) groups excluding carboxylic acids is 2. The minimum Gasteiger partial charge on any atom is -0.449 e. The number of carbonyl (C=O) groups is 2. The third-order valence-corrected chi connectivity index (χ3v) is 7.10. The van der Waals surface area contributed by atoms with Crippen molar-refractivity contribution in [1.29, 1.82) is 0 Å². The van der Waals surface area contributed by atoms with Gasteiger partial charge >= 0.3 is 5.97 Å². The fraction of sp³-hybridized carbons (Fsp3) is 0.259. The second-order valence-electron chi connectivity index (χ2n) is 9.07. The molecule has 1 aromatic carbocycles. The summed E-state index contributed by atoms with van der Waals surface area (Å²) in [5, 5.41) is 0. The molecule has 0 radical (unpaired) electrons. The van der Waals surface area contributed by atoms with Crippen molar-refractivity contribution in [3.05, 3.63) is 95.1 Å². The number of esters is 1. The number of aromatic nitrogens is 2. The maximum absolute atomic E-state index is 13.6. The maximum atomic E-state index is 13.6. The normalized spacial score (nSPS) is 22.5. The number of rotatable bonds is 4. The second-order valence-corrected chi connectivity index (χ2v) is 9.07. The summed E-state index contributed by atoms with van der Waals surface area (Å²) in [6.45, 7) is 0.988. The van der Waals surface area contributed by atoms with Gasteiger partial charge in [0, 0.05) is 37.1 Å². The molecular formula is C27H23N3O3. The Kier molecular flexibility index (Phi) is 4.43. The molecule has 1 atom stereocenters. The van der Waals surface area contributed by atoms with Crippen LogP contribution in [0.5, 0.6) is 0 Å².